The quantitative estimate of drug-likeness (QED) is 0.301. The molecule has 12 heteroatoms. The van der Waals surface area contributed by atoms with Crippen LogP contribution in [0.1, 0.15) is 19.8 Å². The molecule has 0 saturated heterocycles. The molecule has 0 aromatic rings. The highest BCUT2D eigenvalue weighted by molar-refractivity contribution is 8.13. The van der Waals surface area contributed by atoms with Gasteiger partial charge in [-0.05, 0) is 6.42 Å². The summed E-state index contributed by atoms with van der Waals surface area (Å²) in [6, 6.07) is -2.32. The Morgan fingerprint density at radius 2 is 1.75 bits per heavy atom. The zero-order valence-corrected chi connectivity index (χ0v) is 14.4. The van der Waals surface area contributed by atoms with Crippen molar-refractivity contribution in [2.24, 2.45) is 5.73 Å². The van der Waals surface area contributed by atoms with Crippen LogP contribution >= 0.6 is 24.2 Å². The summed E-state index contributed by atoms with van der Waals surface area (Å²) in [5.41, 5.74) is 5.26. The Bertz CT molecular complexity index is 489. The van der Waals surface area contributed by atoms with Gasteiger partial charge in [0.2, 0.25) is 11.8 Å². The van der Waals surface area contributed by atoms with Crippen molar-refractivity contribution in [3.63, 3.8) is 0 Å². The average Bonchev–Trinajstić information content (AvgIpc) is 2.45. The number of aliphatic carboxylic acids is 2. The van der Waals surface area contributed by atoms with Crippen LogP contribution in [0.5, 0.6) is 0 Å². The van der Waals surface area contributed by atoms with Gasteiger partial charge in [-0.15, -0.1) is 12.4 Å². The minimum atomic E-state index is -1.25. The van der Waals surface area contributed by atoms with Gasteiger partial charge in [0.05, 0.1) is 0 Å². The van der Waals surface area contributed by atoms with Gasteiger partial charge in [-0.1, -0.05) is 11.8 Å². The van der Waals surface area contributed by atoms with Gasteiger partial charge in [-0.2, -0.15) is 0 Å². The SMILES string of the molecule is CC(=O)SC[C@H](NC(=O)CC[C@H](N)C(=O)O)C(=O)NCC(=O)O.Cl. The molecule has 2 amide bonds. The molecule has 0 aromatic carbocycles. The van der Waals surface area contributed by atoms with Crippen molar-refractivity contribution in [2.45, 2.75) is 31.8 Å². The van der Waals surface area contributed by atoms with Crippen molar-refractivity contribution in [1.29, 1.82) is 0 Å². The van der Waals surface area contributed by atoms with Gasteiger partial charge in [-0.3, -0.25) is 24.0 Å². The number of nitrogens with one attached hydrogen (secondary N) is 2. The van der Waals surface area contributed by atoms with Crippen molar-refractivity contribution in [1.82, 2.24) is 10.6 Å². The smallest absolute Gasteiger partial charge is 0.322 e. The summed E-state index contributed by atoms with van der Waals surface area (Å²) in [5.74, 6) is -3.95. The van der Waals surface area contributed by atoms with Crippen molar-refractivity contribution in [2.75, 3.05) is 12.3 Å². The molecule has 0 spiro atoms. The molecule has 2 atom stereocenters. The first-order valence-electron chi connectivity index (χ1n) is 6.54. The molecule has 0 saturated carbocycles. The topological polar surface area (TPSA) is 176 Å². The van der Waals surface area contributed by atoms with Gasteiger partial charge >= 0.3 is 11.9 Å². The minimum Gasteiger partial charge on any atom is -0.480 e. The Balaban J connectivity index is 0. The standard InChI is InChI=1S/C12H19N3O7S.ClH/c1-6(16)23-5-8(11(20)14-4-10(18)19)15-9(17)3-2-7(13)12(21)22;/h7-8H,2-5,13H2,1H3,(H,14,20)(H,15,17)(H,18,19)(H,21,22);1H/t7-,8-;/m0./s1. The minimum absolute atomic E-state index is 0. The highest BCUT2D eigenvalue weighted by Crippen LogP contribution is 2.05. The molecule has 6 N–H and O–H groups in total. The van der Waals surface area contributed by atoms with E-state index in [1.165, 1.54) is 6.92 Å². The van der Waals surface area contributed by atoms with E-state index in [0.29, 0.717) is 0 Å². The molecule has 0 aliphatic heterocycles. The Kier molecular flexibility index (Phi) is 12.8. The van der Waals surface area contributed by atoms with Gasteiger partial charge in [0, 0.05) is 19.1 Å². The van der Waals surface area contributed by atoms with E-state index in [-0.39, 0.29) is 36.1 Å². The van der Waals surface area contributed by atoms with Crippen LogP contribution in [0.2, 0.25) is 0 Å². The number of carbonyl (C=O) groups excluding carboxylic acids is 3. The molecule has 24 heavy (non-hydrogen) atoms. The first kappa shape index (κ1) is 24.4. The first-order chi connectivity index (χ1) is 10.6. The molecule has 0 heterocycles. The fourth-order valence-electron chi connectivity index (χ4n) is 1.35. The highest BCUT2D eigenvalue weighted by Gasteiger charge is 2.23. The van der Waals surface area contributed by atoms with Gasteiger partial charge < -0.3 is 26.6 Å². The maximum Gasteiger partial charge on any atom is 0.322 e. The number of hydrogen-bond acceptors (Lipinski definition) is 7. The summed E-state index contributed by atoms with van der Waals surface area (Å²) < 4.78 is 0. The average molecular weight is 386 g/mol. The Morgan fingerprint density at radius 1 is 1.17 bits per heavy atom. The number of thioether (sulfide) groups is 1. The maximum absolute atomic E-state index is 11.8. The number of amides is 2. The number of carboxylic acid groups (broad SMARTS) is 2. The van der Waals surface area contributed by atoms with Crippen LogP contribution in [0.4, 0.5) is 0 Å². The molecule has 0 aliphatic rings. The van der Waals surface area contributed by atoms with Crippen LogP contribution in [0.3, 0.4) is 0 Å². The number of carboxylic acids is 2. The first-order valence-corrected chi connectivity index (χ1v) is 7.52. The fraction of sp³-hybridized carbons (Fsp3) is 0.583. The number of carbonyl (C=O) groups is 5. The largest absolute Gasteiger partial charge is 0.480 e. The highest BCUT2D eigenvalue weighted by atomic mass is 35.5. The lowest BCUT2D eigenvalue weighted by Crippen LogP contribution is -2.49. The Morgan fingerprint density at radius 3 is 2.21 bits per heavy atom. The molecule has 0 aromatic heterocycles. The van der Waals surface area contributed by atoms with E-state index in [4.69, 9.17) is 15.9 Å². The Hall–Kier alpha value is -1.85. The third-order valence-electron chi connectivity index (χ3n) is 2.52. The molecular formula is C12H20ClN3O7S. The van der Waals surface area contributed by atoms with Crippen LogP contribution < -0.4 is 16.4 Å². The molecule has 0 radical (unpaired) electrons. The molecule has 0 rings (SSSR count). The second-order valence-corrected chi connectivity index (χ2v) is 5.71. The summed E-state index contributed by atoms with van der Waals surface area (Å²) >= 11 is 0.793. The predicted molar refractivity (Wildman–Crippen MR) is 87.8 cm³/mol. The van der Waals surface area contributed by atoms with E-state index in [0.717, 1.165) is 11.8 Å². The van der Waals surface area contributed by atoms with E-state index in [2.05, 4.69) is 10.6 Å². The number of nitrogens with two attached hydrogens (primary N) is 1. The summed E-state index contributed by atoms with van der Waals surface area (Å²) in [7, 11) is 0. The molecule has 0 aliphatic carbocycles. The van der Waals surface area contributed by atoms with Crippen molar-refractivity contribution < 1.29 is 34.2 Å². The van der Waals surface area contributed by atoms with E-state index in [1.54, 1.807) is 0 Å². The fourth-order valence-corrected chi connectivity index (χ4v) is 1.98. The predicted octanol–water partition coefficient (Wildman–Crippen LogP) is -1.43. The van der Waals surface area contributed by atoms with Gasteiger partial charge in [-0.25, -0.2) is 0 Å². The summed E-state index contributed by atoms with van der Waals surface area (Å²) in [5, 5.41) is 21.3. The lowest BCUT2D eigenvalue weighted by molar-refractivity contribution is -0.139. The third-order valence-corrected chi connectivity index (χ3v) is 3.42. The molecule has 0 unspecified atom stereocenters. The van der Waals surface area contributed by atoms with E-state index >= 15 is 0 Å². The van der Waals surface area contributed by atoms with Gasteiger partial charge in [0.25, 0.3) is 0 Å². The number of hydrogen-bond donors (Lipinski definition) is 5. The zero-order valence-electron chi connectivity index (χ0n) is 12.8. The summed E-state index contributed by atoms with van der Waals surface area (Å²) in [6.07, 6.45) is -0.342. The number of rotatable bonds is 10. The van der Waals surface area contributed by atoms with E-state index in [1.807, 2.05) is 0 Å². The van der Waals surface area contributed by atoms with Crippen molar-refractivity contribution in [3.05, 3.63) is 0 Å². The van der Waals surface area contributed by atoms with Crippen LogP contribution in [0, 0.1) is 0 Å². The molecule has 138 valence electrons. The summed E-state index contributed by atoms with van der Waals surface area (Å²) in [4.78, 5) is 55.5. The third kappa shape index (κ3) is 11.7. The summed E-state index contributed by atoms with van der Waals surface area (Å²) in [6.45, 7) is 0.657. The Labute approximate surface area is 148 Å². The molecule has 0 bridgehead atoms. The van der Waals surface area contributed by atoms with E-state index < -0.39 is 42.4 Å². The maximum atomic E-state index is 11.8. The number of halogens is 1. The van der Waals surface area contributed by atoms with Gasteiger partial charge in [0.1, 0.15) is 18.6 Å². The van der Waals surface area contributed by atoms with Crippen LogP contribution in [-0.4, -0.2) is 63.5 Å². The van der Waals surface area contributed by atoms with Gasteiger partial charge in [0.15, 0.2) is 5.12 Å². The van der Waals surface area contributed by atoms with Crippen LogP contribution in [0.25, 0.3) is 0 Å². The lowest BCUT2D eigenvalue weighted by atomic mass is 10.1. The lowest BCUT2D eigenvalue weighted by Gasteiger charge is -2.17. The normalized spacial score (nSPS) is 12.2. The molecule has 10 nitrogen and oxygen atoms in total. The van der Waals surface area contributed by atoms with Crippen molar-refractivity contribution >= 4 is 53.0 Å². The second-order valence-electron chi connectivity index (χ2n) is 4.52. The second kappa shape index (κ2) is 12.6. The molecular weight excluding hydrogens is 366 g/mol. The van der Waals surface area contributed by atoms with Crippen LogP contribution in [0.15, 0.2) is 0 Å². The molecule has 0 fully saturated rings. The monoisotopic (exact) mass is 385 g/mol. The zero-order chi connectivity index (χ0) is 18.0. The van der Waals surface area contributed by atoms with Crippen LogP contribution in [-0.2, 0) is 24.0 Å². The van der Waals surface area contributed by atoms with Crippen molar-refractivity contribution in [3.8, 4) is 0 Å². The van der Waals surface area contributed by atoms with E-state index in [9.17, 15) is 24.0 Å².